The van der Waals surface area contributed by atoms with Crippen molar-refractivity contribution in [3.63, 3.8) is 0 Å². The van der Waals surface area contributed by atoms with Gasteiger partial charge in [0, 0.05) is 25.7 Å². The van der Waals surface area contributed by atoms with Crippen molar-refractivity contribution in [1.82, 2.24) is 4.37 Å². The Morgan fingerprint density at radius 2 is 2.04 bits per heavy atom. The minimum atomic E-state index is -0.141. The second-order valence-corrected chi connectivity index (χ2v) is 6.69. The van der Waals surface area contributed by atoms with Crippen LogP contribution in [0.5, 0.6) is 0 Å². The van der Waals surface area contributed by atoms with E-state index in [1.807, 2.05) is 25.1 Å². The van der Waals surface area contributed by atoms with E-state index in [0.29, 0.717) is 16.4 Å². The summed E-state index contributed by atoms with van der Waals surface area (Å²) in [5.41, 5.74) is 3.18. The molecule has 0 unspecified atom stereocenters. The van der Waals surface area contributed by atoms with Crippen LogP contribution in [0.3, 0.4) is 0 Å². The van der Waals surface area contributed by atoms with Gasteiger partial charge in [-0.2, -0.15) is 4.37 Å². The van der Waals surface area contributed by atoms with E-state index < -0.39 is 0 Å². The summed E-state index contributed by atoms with van der Waals surface area (Å²) < 4.78 is 5.07. The molecule has 2 aromatic rings. The maximum Gasteiger partial charge on any atom is 0.221 e. The van der Waals surface area contributed by atoms with Gasteiger partial charge in [-0.25, -0.2) is 0 Å². The first-order chi connectivity index (χ1) is 11.5. The molecule has 0 fully saturated rings. The van der Waals surface area contributed by atoms with Crippen molar-refractivity contribution in [3.05, 3.63) is 28.4 Å². The van der Waals surface area contributed by atoms with Crippen molar-refractivity contribution in [1.29, 1.82) is 0 Å². The first-order valence-corrected chi connectivity index (χ1v) is 9.23. The first-order valence-electron chi connectivity index (χ1n) is 7.66. The number of rotatable bonds is 6. The van der Waals surface area contributed by atoms with Crippen molar-refractivity contribution in [2.24, 2.45) is 10.2 Å². The van der Waals surface area contributed by atoms with Crippen LogP contribution in [0.2, 0.25) is 0 Å². The number of hydrogen-bond acceptors (Lipinski definition) is 6. The smallest absolute Gasteiger partial charge is 0.221 e. The lowest BCUT2D eigenvalue weighted by molar-refractivity contribution is -0.114. The number of aromatic nitrogens is 1. The van der Waals surface area contributed by atoms with Crippen molar-refractivity contribution < 1.29 is 4.79 Å². The predicted molar refractivity (Wildman–Crippen MR) is 103 cm³/mol. The Morgan fingerprint density at radius 3 is 2.58 bits per heavy atom. The molecule has 0 bridgehead atoms. The van der Waals surface area contributed by atoms with Gasteiger partial charge >= 0.3 is 0 Å². The Kier molecular flexibility index (Phi) is 6.44. The van der Waals surface area contributed by atoms with E-state index in [2.05, 4.69) is 54.6 Å². The van der Waals surface area contributed by atoms with Crippen LogP contribution in [0.1, 0.15) is 26.5 Å². The maximum atomic E-state index is 11.5. The third kappa shape index (κ3) is 4.39. The lowest BCUT2D eigenvalue weighted by atomic mass is 10.2. The van der Waals surface area contributed by atoms with Crippen molar-refractivity contribution in [3.8, 4) is 0 Å². The Morgan fingerprint density at radius 1 is 1.33 bits per heavy atom. The van der Waals surface area contributed by atoms with Gasteiger partial charge in [0.2, 0.25) is 5.91 Å². The summed E-state index contributed by atoms with van der Waals surface area (Å²) in [6, 6.07) is 5.78. The lowest BCUT2D eigenvalue weighted by Crippen LogP contribution is -2.21. The van der Waals surface area contributed by atoms with Gasteiger partial charge in [-0.3, -0.25) is 4.79 Å². The van der Waals surface area contributed by atoms with E-state index in [1.54, 1.807) is 0 Å². The molecule has 8 heteroatoms. The van der Waals surface area contributed by atoms with Crippen molar-refractivity contribution >= 4 is 55.4 Å². The number of anilines is 2. The molecule has 2 rings (SSSR count). The third-order valence-electron chi connectivity index (χ3n) is 3.44. The van der Waals surface area contributed by atoms with E-state index >= 15 is 0 Å². The van der Waals surface area contributed by atoms with Gasteiger partial charge in [0.25, 0.3) is 0 Å². The molecule has 0 radical (unpaired) electrons. The molecule has 6 nitrogen and oxygen atoms in total. The van der Waals surface area contributed by atoms with Crippen LogP contribution in [0.25, 0.3) is 0 Å². The van der Waals surface area contributed by atoms with Gasteiger partial charge < -0.3 is 10.2 Å². The van der Waals surface area contributed by atoms with Crippen molar-refractivity contribution in [2.75, 3.05) is 23.3 Å². The molecule has 1 aromatic carbocycles. The standard InChI is InChI=1S/C16H20BrN5OS/c1-5-22(6-2)12-7-8-13(14(9-12)18-11(4)23)19-20-16-15(17)10(3)21-24-16/h7-9H,5-6H2,1-4H3,(H,18,23). The summed E-state index contributed by atoms with van der Waals surface area (Å²) in [7, 11) is 0. The Hall–Kier alpha value is -1.80. The van der Waals surface area contributed by atoms with Crippen molar-refractivity contribution in [2.45, 2.75) is 27.7 Å². The zero-order valence-electron chi connectivity index (χ0n) is 14.1. The van der Waals surface area contributed by atoms with Crippen LogP contribution >= 0.6 is 27.5 Å². The van der Waals surface area contributed by atoms with Crippen LogP contribution in [0.4, 0.5) is 22.1 Å². The van der Waals surface area contributed by atoms with Crippen LogP contribution in [-0.2, 0) is 4.79 Å². The normalized spacial score (nSPS) is 11.0. The number of benzene rings is 1. The summed E-state index contributed by atoms with van der Waals surface area (Å²) >= 11 is 4.73. The SMILES string of the molecule is CCN(CC)c1ccc(N=Nc2snc(C)c2Br)c(NC(C)=O)c1. The number of halogens is 1. The molecule has 0 saturated carbocycles. The second-order valence-electron chi connectivity index (χ2n) is 5.14. The lowest BCUT2D eigenvalue weighted by Gasteiger charge is -2.22. The molecular weight excluding hydrogens is 390 g/mol. The molecule has 0 spiro atoms. The summed E-state index contributed by atoms with van der Waals surface area (Å²) in [4.78, 5) is 13.7. The van der Waals surface area contributed by atoms with Gasteiger partial charge in [0.05, 0.1) is 15.9 Å². The monoisotopic (exact) mass is 409 g/mol. The number of azo groups is 1. The van der Waals surface area contributed by atoms with E-state index in [-0.39, 0.29) is 5.91 Å². The quantitative estimate of drug-likeness (QED) is 0.646. The molecule has 24 heavy (non-hydrogen) atoms. The summed E-state index contributed by atoms with van der Waals surface area (Å²) in [5.74, 6) is -0.141. The number of hydrogen-bond donors (Lipinski definition) is 1. The second kappa shape index (κ2) is 8.34. The molecule has 1 N–H and O–H groups in total. The fraction of sp³-hybridized carbons (Fsp3) is 0.375. The number of carbonyl (C=O) groups is 1. The minimum Gasteiger partial charge on any atom is -0.372 e. The molecule has 1 heterocycles. The molecule has 0 atom stereocenters. The molecule has 128 valence electrons. The maximum absolute atomic E-state index is 11.5. The number of nitrogens with one attached hydrogen (secondary N) is 1. The summed E-state index contributed by atoms with van der Waals surface area (Å²) in [6.07, 6.45) is 0. The zero-order chi connectivity index (χ0) is 17.7. The average Bonchev–Trinajstić information content (AvgIpc) is 2.86. The number of carbonyl (C=O) groups excluding carboxylic acids is 1. The predicted octanol–water partition coefficient (Wildman–Crippen LogP) is 5.43. The van der Waals surface area contributed by atoms with Crippen LogP contribution in [0, 0.1) is 6.92 Å². The topological polar surface area (TPSA) is 70.0 Å². The molecular formula is C16H20BrN5OS. The highest BCUT2D eigenvalue weighted by molar-refractivity contribution is 9.10. The Labute approximate surface area is 154 Å². The first kappa shape index (κ1) is 18.5. The summed E-state index contributed by atoms with van der Waals surface area (Å²) in [5, 5.41) is 12.1. The van der Waals surface area contributed by atoms with E-state index in [0.717, 1.165) is 28.9 Å². The van der Waals surface area contributed by atoms with Crippen LogP contribution in [-0.4, -0.2) is 23.4 Å². The van der Waals surface area contributed by atoms with Crippen LogP contribution in [0.15, 0.2) is 32.9 Å². The molecule has 0 aliphatic carbocycles. The number of aryl methyl sites for hydroxylation is 1. The van der Waals surface area contributed by atoms with Gasteiger partial charge in [0.15, 0.2) is 5.00 Å². The van der Waals surface area contributed by atoms with Gasteiger partial charge in [-0.1, -0.05) is 0 Å². The molecule has 1 amide bonds. The number of amides is 1. The third-order valence-corrected chi connectivity index (χ3v) is 5.48. The minimum absolute atomic E-state index is 0.141. The molecule has 1 aromatic heterocycles. The Bertz CT molecular complexity index is 755. The van der Waals surface area contributed by atoms with Gasteiger partial charge in [-0.05, 0) is 66.4 Å². The fourth-order valence-corrected chi connectivity index (χ4v) is 3.32. The van der Waals surface area contributed by atoms with Crippen LogP contribution < -0.4 is 10.2 Å². The van der Waals surface area contributed by atoms with Gasteiger partial charge in [-0.15, -0.1) is 10.2 Å². The molecule has 0 aliphatic heterocycles. The van der Waals surface area contributed by atoms with E-state index in [1.165, 1.54) is 18.5 Å². The van der Waals surface area contributed by atoms with E-state index in [4.69, 9.17) is 0 Å². The highest BCUT2D eigenvalue weighted by Gasteiger charge is 2.10. The highest BCUT2D eigenvalue weighted by atomic mass is 79.9. The molecule has 0 aliphatic rings. The fourth-order valence-electron chi connectivity index (χ4n) is 2.19. The highest BCUT2D eigenvalue weighted by Crippen LogP contribution is 2.36. The average molecular weight is 410 g/mol. The van der Waals surface area contributed by atoms with E-state index in [9.17, 15) is 4.79 Å². The summed E-state index contributed by atoms with van der Waals surface area (Å²) in [6.45, 7) is 9.36. The van der Waals surface area contributed by atoms with Gasteiger partial charge in [0.1, 0.15) is 5.69 Å². The Balaban J connectivity index is 2.37. The largest absolute Gasteiger partial charge is 0.372 e. The number of nitrogens with zero attached hydrogens (tertiary/aromatic N) is 4. The zero-order valence-corrected chi connectivity index (χ0v) is 16.5. The molecule has 0 saturated heterocycles.